The lowest BCUT2D eigenvalue weighted by Crippen LogP contribution is -2.56. The van der Waals surface area contributed by atoms with E-state index < -0.39 is 66.2 Å². The van der Waals surface area contributed by atoms with Gasteiger partial charge in [-0.2, -0.15) is 18.2 Å². The number of nitrogens with one attached hydrogen (secondary N) is 1. The normalized spacial score (nSPS) is 22.8. The number of rotatable bonds is 12. The average molecular weight is 527 g/mol. The number of aliphatic hydroxyl groups excluding tert-OH is 3. The molecule has 1 fully saturated rings. The first-order valence-corrected chi connectivity index (χ1v) is 11.1. The molecule has 12 nitrogen and oxygen atoms in total. The highest BCUT2D eigenvalue weighted by atomic mass is 19.4. The van der Waals surface area contributed by atoms with Crippen molar-refractivity contribution in [2.45, 2.75) is 56.9 Å². The van der Waals surface area contributed by atoms with E-state index in [9.17, 15) is 28.2 Å². The lowest BCUT2D eigenvalue weighted by Gasteiger charge is -2.37. The molecule has 0 amide bonds. The second-order valence-corrected chi connectivity index (χ2v) is 8.80. The molecule has 1 aromatic rings. The van der Waals surface area contributed by atoms with Gasteiger partial charge in [-0.25, -0.2) is 9.78 Å². The van der Waals surface area contributed by atoms with E-state index in [1.165, 1.54) is 0 Å². The molecule has 36 heavy (non-hydrogen) atoms. The SMILES string of the molecule is CC(C)(C)OC(=O)COCCOCCOc1cc(C(F)(F)F)nc(N[C@H]2CO[C@H](CO)[C@H](O)[C@@H]2O)n1. The van der Waals surface area contributed by atoms with E-state index in [1.807, 2.05) is 0 Å². The van der Waals surface area contributed by atoms with Crippen LogP contribution >= 0.6 is 0 Å². The van der Waals surface area contributed by atoms with Crippen LogP contribution in [-0.2, 0) is 29.9 Å². The standard InChI is InChI=1S/C21H32F3N3O9/c1-20(2,3)36-16(29)11-33-5-4-32-6-7-34-15-8-14(21(22,23)24)26-19(27-15)25-12-10-35-13(9-28)18(31)17(12)30/h8,12-13,17-18,28,30-31H,4-7,9-11H2,1-3H3,(H,25,26,27)/t12-,13+,17+,18-/m0/s1. The molecule has 206 valence electrons. The van der Waals surface area contributed by atoms with Gasteiger partial charge in [0.15, 0.2) is 5.69 Å². The molecule has 0 radical (unpaired) electrons. The van der Waals surface area contributed by atoms with Crippen molar-refractivity contribution < 1.29 is 57.0 Å². The summed E-state index contributed by atoms with van der Waals surface area (Å²) in [5, 5.41) is 31.7. The molecule has 1 aromatic heterocycles. The summed E-state index contributed by atoms with van der Waals surface area (Å²) in [6.07, 6.45) is -8.75. The highest BCUT2D eigenvalue weighted by Crippen LogP contribution is 2.30. The Balaban J connectivity index is 1.83. The van der Waals surface area contributed by atoms with Crippen molar-refractivity contribution in [3.63, 3.8) is 0 Å². The molecule has 4 atom stereocenters. The first kappa shape index (κ1) is 29.9. The Kier molecular flexibility index (Phi) is 11.1. The van der Waals surface area contributed by atoms with Gasteiger partial charge in [-0.05, 0) is 20.8 Å². The third kappa shape index (κ3) is 9.99. The minimum Gasteiger partial charge on any atom is -0.475 e. The van der Waals surface area contributed by atoms with Crippen molar-refractivity contribution in [2.75, 3.05) is 51.6 Å². The first-order chi connectivity index (χ1) is 16.8. The maximum Gasteiger partial charge on any atom is 0.433 e. The number of alkyl halides is 3. The number of carbonyl (C=O) groups is 1. The maximum atomic E-state index is 13.3. The van der Waals surface area contributed by atoms with Crippen molar-refractivity contribution in [3.05, 3.63) is 11.8 Å². The average Bonchev–Trinajstić information content (AvgIpc) is 2.77. The Labute approximate surface area is 205 Å². The Morgan fingerprint density at radius 3 is 2.42 bits per heavy atom. The minimum absolute atomic E-state index is 0.00612. The molecule has 4 N–H and O–H groups in total. The molecule has 2 heterocycles. The van der Waals surface area contributed by atoms with Gasteiger partial charge in [0, 0.05) is 6.07 Å². The number of halogens is 3. The van der Waals surface area contributed by atoms with Crippen LogP contribution in [0.4, 0.5) is 19.1 Å². The van der Waals surface area contributed by atoms with Crippen LogP contribution in [0, 0.1) is 0 Å². The van der Waals surface area contributed by atoms with Gasteiger partial charge < -0.3 is 44.3 Å². The van der Waals surface area contributed by atoms with Crippen LogP contribution in [0.1, 0.15) is 26.5 Å². The Morgan fingerprint density at radius 1 is 1.11 bits per heavy atom. The maximum absolute atomic E-state index is 13.3. The molecule has 0 aliphatic carbocycles. The number of hydrogen-bond acceptors (Lipinski definition) is 12. The summed E-state index contributed by atoms with van der Waals surface area (Å²) in [7, 11) is 0. The van der Waals surface area contributed by atoms with Crippen molar-refractivity contribution in [1.82, 2.24) is 9.97 Å². The van der Waals surface area contributed by atoms with Gasteiger partial charge in [0.05, 0.1) is 39.1 Å². The van der Waals surface area contributed by atoms with Gasteiger partial charge in [-0.3, -0.25) is 0 Å². The number of ether oxygens (including phenoxy) is 5. The molecular weight excluding hydrogens is 495 g/mol. The van der Waals surface area contributed by atoms with Crippen molar-refractivity contribution in [1.29, 1.82) is 0 Å². The molecule has 0 aromatic carbocycles. The fourth-order valence-electron chi connectivity index (χ4n) is 3.00. The number of hydrogen-bond donors (Lipinski definition) is 4. The number of carbonyl (C=O) groups excluding carboxylic acids is 1. The van der Waals surface area contributed by atoms with E-state index in [1.54, 1.807) is 20.8 Å². The lowest BCUT2D eigenvalue weighted by atomic mass is 9.98. The summed E-state index contributed by atoms with van der Waals surface area (Å²) in [6, 6.07) is -0.428. The smallest absolute Gasteiger partial charge is 0.433 e. The summed E-state index contributed by atoms with van der Waals surface area (Å²) >= 11 is 0. The number of anilines is 1. The van der Waals surface area contributed by atoms with E-state index in [0.717, 1.165) is 0 Å². The van der Waals surface area contributed by atoms with Crippen molar-refractivity contribution >= 4 is 11.9 Å². The number of nitrogens with zero attached hydrogens (tertiary/aromatic N) is 2. The first-order valence-electron chi connectivity index (χ1n) is 11.1. The van der Waals surface area contributed by atoms with E-state index >= 15 is 0 Å². The predicted octanol–water partition coefficient (Wildman–Crippen LogP) is 0.143. The summed E-state index contributed by atoms with van der Waals surface area (Å²) in [5.41, 5.74) is -1.91. The zero-order valence-corrected chi connectivity index (χ0v) is 20.2. The van der Waals surface area contributed by atoms with Gasteiger partial charge in [-0.15, -0.1) is 0 Å². The topological polar surface area (TPSA) is 162 Å². The summed E-state index contributed by atoms with van der Waals surface area (Å²) < 4.78 is 65.7. The van der Waals surface area contributed by atoms with Gasteiger partial charge in [-0.1, -0.05) is 0 Å². The third-order valence-corrected chi connectivity index (χ3v) is 4.61. The van der Waals surface area contributed by atoms with Crippen molar-refractivity contribution in [3.8, 4) is 5.88 Å². The molecule has 1 saturated heterocycles. The van der Waals surface area contributed by atoms with Crippen LogP contribution in [0.3, 0.4) is 0 Å². The molecule has 1 aliphatic heterocycles. The Hall–Kier alpha value is -2.30. The Bertz CT molecular complexity index is 839. The molecule has 0 bridgehead atoms. The van der Waals surface area contributed by atoms with Gasteiger partial charge in [0.2, 0.25) is 11.8 Å². The number of aromatic nitrogens is 2. The van der Waals surface area contributed by atoms with Crippen LogP contribution in [0.5, 0.6) is 5.88 Å². The zero-order chi connectivity index (χ0) is 26.9. The van der Waals surface area contributed by atoms with E-state index in [0.29, 0.717) is 6.07 Å². The van der Waals surface area contributed by atoms with E-state index in [-0.39, 0.29) is 39.6 Å². The quantitative estimate of drug-likeness (QED) is 0.215. The van der Waals surface area contributed by atoms with E-state index in [4.69, 9.17) is 28.8 Å². The predicted molar refractivity (Wildman–Crippen MR) is 116 cm³/mol. The number of esters is 1. The highest BCUT2D eigenvalue weighted by Gasteiger charge is 2.39. The summed E-state index contributed by atoms with van der Waals surface area (Å²) in [5.74, 6) is -1.42. The molecule has 0 spiro atoms. The van der Waals surface area contributed by atoms with Crippen LogP contribution in [0.2, 0.25) is 0 Å². The van der Waals surface area contributed by atoms with Crippen LogP contribution < -0.4 is 10.1 Å². The summed E-state index contributed by atoms with van der Waals surface area (Å²) in [6.45, 7) is 4.23. The van der Waals surface area contributed by atoms with Crippen molar-refractivity contribution in [2.24, 2.45) is 0 Å². The second kappa shape index (κ2) is 13.3. The van der Waals surface area contributed by atoms with Crippen LogP contribution in [-0.4, -0.2) is 107 Å². The highest BCUT2D eigenvalue weighted by molar-refractivity contribution is 5.71. The molecular formula is C21H32F3N3O9. The number of aliphatic hydroxyl groups is 3. The lowest BCUT2D eigenvalue weighted by molar-refractivity contribution is -0.160. The fourth-order valence-corrected chi connectivity index (χ4v) is 3.00. The minimum atomic E-state index is -4.80. The largest absolute Gasteiger partial charge is 0.475 e. The summed E-state index contributed by atoms with van der Waals surface area (Å²) in [4.78, 5) is 18.8. The molecule has 1 aliphatic rings. The Morgan fingerprint density at radius 2 is 1.78 bits per heavy atom. The third-order valence-electron chi connectivity index (χ3n) is 4.61. The van der Waals surface area contributed by atoms with Gasteiger partial charge in [0.1, 0.15) is 37.1 Å². The van der Waals surface area contributed by atoms with E-state index in [2.05, 4.69) is 15.3 Å². The monoisotopic (exact) mass is 527 g/mol. The van der Waals surface area contributed by atoms with Gasteiger partial charge in [0.25, 0.3) is 0 Å². The second-order valence-electron chi connectivity index (χ2n) is 8.80. The molecule has 0 unspecified atom stereocenters. The molecule has 0 saturated carbocycles. The molecule has 15 heteroatoms. The fraction of sp³-hybridized carbons (Fsp3) is 0.762. The van der Waals surface area contributed by atoms with Crippen LogP contribution in [0.25, 0.3) is 0 Å². The van der Waals surface area contributed by atoms with Gasteiger partial charge >= 0.3 is 12.1 Å². The zero-order valence-electron chi connectivity index (χ0n) is 20.2. The molecule has 2 rings (SSSR count). The van der Waals surface area contributed by atoms with Crippen LogP contribution in [0.15, 0.2) is 6.07 Å².